The zero-order valence-electron chi connectivity index (χ0n) is 30.1. The maximum absolute atomic E-state index is 13.4. The Morgan fingerprint density at radius 2 is 1.02 bits per heavy atom. The number of carbonyl (C=O) groups excluding carboxylic acids is 1. The van der Waals surface area contributed by atoms with Crippen LogP contribution in [-0.4, -0.2) is 28.4 Å². The van der Waals surface area contributed by atoms with Crippen molar-refractivity contribution in [2.45, 2.75) is 93.0 Å². The van der Waals surface area contributed by atoms with E-state index in [4.69, 9.17) is 5.11 Å². The lowest BCUT2D eigenvalue weighted by molar-refractivity contribution is -0.0223. The quantitative estimate of drug-likeness (QED) is 0.193. The number of carboxylic acid groups (broad SMARTS) is 1. The Morgan fingerprint density at radius 3 is 1.58 bits per heavy atom. The summed E-state index contributed by atoms with van der Waals surface area (Å²) in [6.07, 6.45) is 8.56. The second-order valence-corrected chi connectivity index (χ2v) is 19.7. The molecular formula is C43H41Br3F4O3S2. The molecule has 55 heavy (non-hydrogen) atoms. The van der Waals surface area contributed by atoms with Crippen molar-refractivity contribution in [1.82, 2.24) is 0 Å². The predicted octanol–water partition coefficient (Wildman–Crippen LogP) is 14.1. The lowest BCUT2D eigenvalue weighted by Crippen LogP contribution is -2.23. The summed E-state index contributed by atoms with van der Waals surface area (Å²) in [5.74, 6) is -3.72. The van der Waals surface area contributed by atoms with Crippen LogP contribution >= 0.6 is 71.3 Å². The van der Waals surface area contributed by atoms with Gasteiger partial charge in [-0.15, -0.1) is 23.5 Å². The van der Waals surface area contributed by atoms with Crippen LogP contribution in [0.25, 0.3) is 0 Å². The first-order valence-corrected chi connectivity index (χ1v) is 22.8. The highest BCUT2D eigenvalue weighted by Gasteiger charge is 2.41. The fourth-order valence-electron chi connectivity index (χ4n) is 7.99. The van der Waals surface area contributed by atoms with E-state index in [0.29, 0.717) is 35.3 Å². The van der Waals surface area contributed by atoms with Crippen LogP contribution in [-0.2, 0) is 41.6 Å². The van der Waals surface area contributed by atoms with Crippen molar-refractivity contribution in [3.8, 4) is 0 Å². The summed E-state index contributed by atoms with van der Waals surface area (Å²) in [6.45, 7) is 0. The van der Waals surface area contributed by atoms with Crippen molar-refractivity contribution in [1.29, 1.82) is 0 Å². The van der Waals surface area contributed by atoms with Crippen LogP contribution in [0.3, 0.4) is 0 Å². The molecule has 1 saturated heterocycles. The SMILES string of the molecule is Brc1cccc2c1CCCC21SCCS1.FC1(F)CCCc2c(Br)cccc21.O=C(O)c1cccc2c1CCCC2(F)F.O=C1CCCc2c(Br)cccc21. The molecular weight excluding hydrogens is 944 g/mol. The molecule has 1 spiro atoms. The number of benzene rings is 4. The average Bonchev–Trinajstić information content (AvgIpc) is 3.62. The minimum atomic E-state index is -2.88. The van der Waals surface area contributed by atoms with E-state index in [1.807, 2.05) is 24.3 Å². The maximum atomic E-state index is 13.4. The monoisotopic (exact) mass is 982 g/mol. The normalized spacial score (nSPS) is 19.4. The number of fused-ring (bicyclic) bond motifs is 5. The highest BCUT2D eigenvalue weighted by atomic mass is 79.9. The van der Waals surface area contributed by atoms with Gasteiger partial charge in [-0.3, -0.25) is 4.79 Å². The first-order chi connectivity index (χ1) is 26.2. The Kier molecular flexibility index (Phi) is 14.1. The molecule has 0 atom stereocenters. The van der Waals surface area contributed by atoms with Gasteiger partial charge in [0.1, 0.15) is 0 Å². The fraction of sp³-hybridized carbons (Fsp3) is 0.395. The van der Waals surface area contributed by atoms with Crippen molar-refractivity contribution < 1.29 is 32.3 Å². The molecule has 3 nitrogen and oxygen atoms in total. The first kappa shape index (κ1) is 42.5. The molecule has 4 aromatic rings. The van der Waals surface area contributed by atoms with Crippen molar-refractivity contribution in [3.05, 3.63) is 136 Å². The van der Waals surface area contributed by atoms with Gasteiger partial charge in [-0.1, -0.05) is 96.3 Å². The molecule has 4 aliphatic carbocycles. The molecule has 1 fully saturated rings. The Balaban J connectivity index is 0.000000125. The van der Waals surface area contributed by atoms with Gasteiger partial charge in [-0.05, 0) is 110 Å². The van der Waals surface area contributed by atoms with Gasteiger partial charge in [0, 0.05) is 60.9 Å². The third-order valence-corrected chi connectivity index (χ3v) is 16.4. The largest absolute Gasteiger partial charge is 0.478 e. The Morgan fingerprint density at radius 1 is 0.564 bits per heavy atom. The number of thioether (sulfide) groups is 2. The summed E-state index contributed by atoms with van der Waals surface area (Å²) >= 11 is 14.8. The number of aromatic carboxylic acids is 1. The number of carbonyl (C=O) groups is 2. The summed E-state index contributed by atoms with van der Waals surface area (Å²) in [7, 11) is 0. The van der Waals surface area contributed by atoms with Crippen LogP contribution in [0.5, 0.6) is 0 Å². The molecule has 0 saturated carbocycles. The van der Waals surface area contributed by atoms with Crippen LogP contribution in [0, 0.1) is 0 Å². The number of rotatable bonds is 1. The number of Topliss-reactive ketones (excluding diaryl/α,β-unsaturated/α-hetero) is 1. The Labute approximate surface area is 353 Å². The third-order valence-electron chi connectivity index (χ3n) is 10.6. The van der Waals surface area contributed by atoms with Crippen LogP contribution in [0.2, 0.25) is 0 Å². The highest BCUT2D eigenvalue weighted by Crippen LogP contribution is 2.58. The van der Waals surface area contributed by atoms with Crippen LogP contribution in [0.1, 0.15) is 111 Å². The summed E-state index contributed by atoms with van der Waals surface area (Å²) in [5.41, 5.74) is 6.42. The van der Waals surface area contributed by atoms with E-state index < -0.39 is 17.8 Å². The fourth-order valence-corrected chi connectivity index (χ4v) is 13.1. The second-order valence-electron chi connectivity index (χ2n) is 14.1. The van der Waals surface area contributed by atoms with Gasteiger partial charge < -0.3 is 5.11 Å². The molecule has 1 aliphatic heterocycles. The van der Waals surface area contributed by atoms with Gasteiger partial charge in [-0.2, -0.15) is 0 Å². The summed E-state index contributed by atoms with van der Waals surface area (Å²) in [4.78, 5) is 22.3. The molecule has 1 N–H and O–H groups in total. The molecule has 0 unspecified atom stereocenters. The maximum Gasteiger partial charge on any atom is 0.335 e. The summed E-state index contributed by atoms with van der Waals surface area (Å²) in [5, 5.41) is 8.87. The number of hydrogen-bond donors (Lipinski definition) is 1. The van der Waals surface area contributed by atoms with E-state index in [1.165, 1.54) is 65.1 Å². The molecule has 9 rings (SSSR count). The zero-order chi connectivity index (χ0) is 39.4. The number of halogens is 7. The molecule has 1 heterocycles. The third kappa shape index (κ3) is 9.61. The first-order valence-electron chi connectivity index (χ1n) is 18.5. The van der Waals surface area contributed by atoms with Crippen LogP contribution in [0.4, 0.5) is 17.6 Å². The Hall–Kier alpha value is -2.12. The summed E-state index contributed by atoms with van der Waals surface area (Å²) < 4.78 is 57.2. The lowest BCUT2D eigenvalue weighted by Gasteiger charge is -2.34. The number of alkyl halides is 4. The molecule has 0 radical (unpaired) electrons. The van der Waals surface area contributed by atoms with E-state index in [2.05, 4.69) is 89.5 Å². The second kappa shape index (κ2) is 18.2. The van der Waals surface area contributed by atoms with Crippen molar-refractivity contribution in [2.24, 2.45) is 0 Å². The van der Waals surface area contributed by atoms with Gasteiger partial charge in [-0.25, -0.2) is 22.4 Å². The Bertz CT molecular complexity index is 2050. The van der Waals surface area contributed by atoms with Gasteiger partial charge in [0.25, 0.3) is 11.8 Å². The van der Waals surface area contributed by atoms with Gasteiger partial charge in [0.05, 0.1) is 9.64 Å². The molecule has 0 amide bonds. The van der Waals surface area contributed by atoms with E-state index in [0.717, 1.165) is 39.3 Å². The van der Waals surface area contributed by atoms with E-state index in [-0.39, 0.29) is 35.3 Å². The van der Waals surface area contributed by atoms with Crippen molar-refractivity contribution >= 4 is 83.1 Å². The van der Waals surface area contributed by atoms with Crippen LogP contribution < -0.4 is 0 Å². The number of ketones is 1. The zero-order valence-corrected chi connectivity index (χ0v) is 36.4. The highest BCUT2D eigenvalue weighted by molar-refractivity contribution is 9.11. The van der Waals surface area contributed by atoms with Crippen molar-refractivity contribution in [2.75, 3.05) is 11.5 Å². The molecule has 292 valence electrons. The predicted molar refractivity (Wildman–Crippen MR) is 226 cm³/mol. The molecule has 5 aliphatic rings. The van der Waals surface area contributed by atoms with Crippen LogP contribution in [0.15, 0.2) is 86.2 Å². The smallest absolute Gasteiger partial charge is 0.335 e. The van der Waals surface area contributed by atoms with E-state index in [9.17, 15) is 27.2 Å². The van der Waals surface area contributed by atoms with Crippen molar-refractivity contribution in [3.63, 3.8) is 0 Å². The molecule has 12 heteroatoms. The van der Waals surface area contributed by atoms with Gasteiger partial charge in [0.15, 0.2) is 5.78 Å². The molecule has 0 aromatic heterocycles. The average molecular weight is 986 g/mol. The van der Waals surface area contributed by atoms with E-state index >= 15 is 0 Å². The minimum absolute atomic E-state index is 0.00637. The molecule has 0 bridgehead atoms. The van der Waals surface area contributed by atoms with E-state index in [1.54, 1.807) is 17.2 Å². The topological polar surface area (TPSA) is 54.4 Å². The standard InChI is InChI=1S/C12H13BrS2.C11H10F2O2.C10H9BrF2.C10H9BrO/c13-11-5-1-4-10-9(11)3-2-6-12(10)14-7-8-15-12;12-11(13)6-2-4-7-8(10(14)15)3-1-5-9(7)11;11-9-5-1-4-8-7(9)3-2-6-10(8,12)13;11-9-5-1-4-8-7(9)3-2-6-10(8)12/h1,4-5H,2-3,6-8H2;1,3,5H,2,4,6H2,(H,14,15);1,4-5H,2-3,6H2;1,4-5H,2-3,6H2. The summed E-state index contributed by atoms with van der Waals surface area (Å²) in [6, 6.07) is 21.6. The minimum Gasteiger partial charge on any atom is -0.478 e. The number of carboxylic acids is 1. The lowest BCUT2D eigenvalue weighted by atomic mass is 9.86. The molecule has 4 aromatic carbocycles. The van der Waals surface area contributed by atoms with Gasteiger partial charge >= 0.3 is 5.97 Å². The number of hydrogen-bond acceptors (Lipinski definition) is 4. The van der Waals surface area contributed by atoms with Gasteiger partial charge in [0.2, 0.25) is 0 Å².